The maximum absolute atomic E-state index is 11.2. The molecule has 0 heterocycles. The monoisotopic (exact) mass is 403 g/mol. The van der Waals surface area contributed by atoms with Gasteiger partial charge in [0.1, 0.15) is 0 Å². The Morgan fingerprint density at radius 1 is 1.08 bits per heavy atom. The third-order valence-electron chi connectivity index (χ3n) is 3.07. The van der Waals surface area contributed by atoms with Crippen LogP contribution in [-0.2, 0) is 16.4 Å². The van der Waals surface area contributed by atoms with Gasteiger partial charge < -0.3 is 10.6 Å². The Bertz CT molecular complexity index is 820. The molecule has 5 nitrogen and oxygen atoms in total. The number of primary sulfonamides is 1. The minimum absolute atomic E-state index is 0.0919. The molecule has 0 fully saturated rings. The molecule has 0 bridgehead atoms. The highest BCUT2D eigenvalue weighted by Crippen LogP contribution is 2.22. The van der Waals surface area contributed by atoms with E-state index in [4.69, 9.17) is 40.6 Å². The van der Waals surface area contributed by atoms with Crippen molar-refractivity contribution >= 4 is 56.2 Å². The molecule has 2 rings (SSSR count). The Kier molecular flexibility index (Phi) is 6.42. The van der Waals surface area contributed by atoms with Crippen LogP contribution in [-0.4, -0.2) is 20.1 Å². The molecule has 0 saturated heterocycles. The smallest absolute Gasteiger partial charge is 0.238 e. The number of nitrogens with one attached hydrogen (secondary N) is 2. The van der Waals surface area contributed by atoms with Crippen molar-refractivity contribution in [3.63, 3.8) is 0 Å². The summed E-state index contributed by atoms with van der Waals surface area (Å²) >= 11 is 17.0. The summed E-state index contributed by atoms with van der Waals surface area (Å²) < 4.78 is 22.4. The summed E-state index contributed by atoms with van der Waals surface area (Å²) in [5, 5.41) is 12.6. The fourth-order valence-corrected chi connectivity index (χ4v) is 3.23. The number of benzene rings is 2. The molecule has 0 aliphatic heterocycles. The van der Waals surface area contributed by atoms with Gasteiger partial charge in [-0.2, -0.15) is 0 Å². The lowest BCUT2D eigenvalue weighted by Crippen LogP contribution is -2.30. The van der Waals surface area contributed by atoms with Gasteiger partial charge >= 0.3 is 0 Å². The molecule has 2 aromatic rings. The third kappa shape index (κ3) is 5.92. The lowest BCUT2D eigenvalue weighted by molar-refractivity contribution is 0.598. The average Bonchev–Trinajstić information content (AvgIpc) is 2.45. The van der Waals surface area contributed by atoms with E-state index in [0.29, 0.717) is 33.8 Å². The Morgan fingerprint density at radius 2 is 1.67 bits per heavy atom. The lowest BCUT2D eigenvalue weighted by Gasteiger charge is -2.11. The average molecular weight is 404 g/mol. The number of hydrogen-bond acceptors (Lipinski definition) is 3. The Hall–Kier alpha value is -1.38. The van der Waals surface area contributed by atoms with Crippen molar-refractivity contribution < 1.29 is 8.42 Å². The van der Waals surface area contributed by atoms with Gasteiger partial charge in [-0.25, -0.2) is 13.6 Å². The standard InChI is InChI=1S/C15H15Cl2N3O2S2/c16-11-7-12(17)9-13(8-11)20-15(23)19-6-5-10-1-3-14(4-2-10)24(18,21)22/h1-4,7-9H,5-6H2,(H2,18,21,22)(H2,19,20,23). The van der Waals surface area contributed by atoms with Crippen LogP contribution in [0.15, 0.2) is 47.4 Å². The van der Waals surface area contributed by atoms with E-state index in [1.807, 2.05) is 0 Å². The van der Waals surface area contributed by atoms with Gasteiger partial charge in [-0.05, 0) is 54.5 Å². The van der Waals surface area contributed by atoms with Crippen molar-refractivity contribution in [2.45, 2.75) is 11.3 Å². The summed E-state index contributed by atoms with van der Waals surface area (Å²) in [4.78, 5) is 0.0919. The summed E-state index contributed by atoms with van der Waals surface area (Å²) in [6, 6.07) is 11.5. The zero-order chi connectivity index (χ0) is 17.7. The van der Waals surface area contributed by atoms with Gasteiger partial charge in [-0.1, -0.05) is 35.3 Å². The number of thiocarbonyl (C=S) groups is 1. The molecule has 2 aromatic carbocycles. The van der Waals surface area contributed by atoms with Gasteiger partial charge in [-0.3, -0.25) is 0 Å². The van der Waals surface area contributed by atoms with E-state index in [1.54, 1.807) is 30.3 Å². The van der Waals surface area contributed by atoms with E-state index in [1.165, 1.54) is 12.1 Å². The van der Waals surface area contributed by atoms with Crippen molar-refractivity contribution in [2.24, 2.45) is 5.14 Å². The Labute approximate surface area is 156 Å². The molecule has 0 amide bonds. The van der Waals surface area contributed by atoms with Gasteiger partial charge in [0.05, 0.1) is 4.90 Å². The fourth-order valence-electron chi connectivity index (χ4n) is 1.97. The predicted octanol–water partition coefficient (Wildman–Crippen LogP) is 3.17. The van der Waals surface area contributed by atoms with Crippen LogP contribution in [0.5, 0.6) is 0 Å². The molecule has 0 aliphatic rings. The largest absolute Gasteiger partial charge is 0.362 e. The first-order valence-corrected chi connectivity index (χ1v) is 9.58. The molecule has 4 N–H and O–H groups in total. The lowest BCUT2D eigenvalue weighted by atomic mass is 10.1. The highest BCUT2D eigenvalue weighted by atomic mass is 35.5. The zero-order valence-electron chi connectivity index (χ0n) is 12.4. The van der Waals surface area contributed by atoms with E-state index in [-0.39, 0.29) is 4.90 Å². The minimum atomic E-state index is -3.66. The normalized spacial score (nSPS) is 11.1. The Morgan fingerprint density at radius 3 is 2.21 bits per heavy atom. The molecule has 0 unspecified atom stereocenters. The molecule has 0 atom stereocenters. The van der Waals surface area contributed by atoms with E-state index >= 15 is 0 Å². The molecule has 9 heteroatoms. The summed E-state index contributed by atoms with van der Waals surface area (Å²) in [5.74, 6) is 0. The first kappa shape index (κ1) is 19.0. The highest BCUT2D eigenvalue weighted by molar-refractivity contribution is 7.89. The van der Waals surface area contributed by atoms with Crippen molar-refractivity contribution in [1.82, 2.24) is 5.32 Å². The Balaban J connectivity index is 1.84. The third-order valence-corrected chi connectivity index (χ3v) is 4.68. The van der Waals surface area contributed by atoms with Gasteiger partial charge in [0.15, 0.2) is 5.11 Å². The van der Waals surface area contributed by atoms with Crippen LogP contribution >= 0.6 is 35.4 Å². The van der Waals surface area contributed by atoms with Gasteiger partial charge in [-0.15, -0.1) is 0 Å². The predicted molar refractivity (Wildman–Crippen MR) is 102 cm³/mol. The van der Waals surface area contributed by atoms with Crippen LogP contribution < -0.4 is 15.8 Å². The zero-order valence-corrected chi connectivity index (χ0v) is 15.6. The minimum Gasteiger partial charge on any atom is -0.362 e. The van der Waals surface area contributed by atoms with Crippen molar-refractivity contribution in [1.29, 1.82) is 0 Å². The van der Waals surface area contributed by atoms with E-state index in [0.717, 1.165) is 5.56 Å². The van der Waals surface area contributed by atoms with E-state index in [9.17, 15) is 8.42 Å². The van der Waals surface area contributed by atoms with Crippen LogP contribution in [0.4, 0.5) is 5.69 Å². The van der Waals surface area contributed by atoms with Gasteiger partial charge in [0.2, 0.25) is 10.0 Å². The second-order valence-electron chi connectivity index (χ2n) is 4.98. The van der Waals surface area contributed by atoms with Crippen molar-refractivity contribution in [3.8, 4) is 0 Å². The van der Waals surface area contributed by atoms with Gasteiger partial charge in [0.25, 0.3) is 0 Å². The molecular formula is C15H15Cl2N3O2S2. The van der Waals surface area contributed by atoms with Crippen LogP contribution in [0.3, 0.4) is 0 Å². The summed E-state index contributed by atoms with van der Waals surface area (Å²) in [7, 11) is -3.66. The fraction of sp³-hybridized carbons (Fsp3) is 0.133. The van der Waals surface area contributed by atoms with E-state index in [2.05, 4.69) is 10.6 Å². The van der Waals surface area contributed by atoms with Crippen LogP contribution in [0.25, 0.3) is 0 Å². The molecule has 0 radical (unpaired) electrons. The van der Waals surface area contributed by atoms with Crippen molar-refractivity contribution in [3.05, 3.63) is 58.1 Å². The topological polar surface area (TPSA) is 84.2 Å². The summed E-state index contributed by atoms with van der Waals surface area (Å²) in [5.41, 5.74) is 1.66. The maximum Gasteiger partial charge on any atom is 0.238 e. The molecule has 24 heavy (non-hydrogen) atoms. The van der Waals surface area contributed by atoms with Crippen molar-refractivity contribution in [2.75, 3.05) is 11.9 Å². The van der Waals surface area contributed by atoms with Crippen LogP contribution in [0, 0.1) is 0 Å². The SMILES string of the molecule is NS(=O)(=O)c1ccc(CCNC(=S)Nc2cc(Cl)cc(Cl)c2)cc1. The number of nitrogens with two attached hydrogens (primary N) is 1. The van der Waals surface area contributed by atoms with Crippen LogP contribution in [0.2, 0.25) is 10.0 Å². The van der Waals surface area contributed by atoms with E-state index < -0.39 is 10.0 Å². The number of anilines is 1. The molecule has 0 spiro atoms. The molecule has 0 aliphatic carbocycles. The summed E-state index contributed by atoms with van der Waals surface area (Å²) in [6.07, 6.45) is 0.670. The number of halogens is 2. The molecule has 128 valence electrons. The quantitative estimate of drug-likeness (QED) is 0.667. The summed E-state index contributed by atoms with van der Waals surface area (Å²) in [6.45, 7) is 0.578. The molecule has 0 saturated carbocycles. The van der Waals surface area contributed by atoms with Crippen LogP contribution in [0.1, 0.15) is 5.56 Å². The maximum atomic E-state index is 11.2. The first-order chi connectivity index (χ1) is 11.2. The number of hydrogen-bond donors (Lipinski definition) is 3. The number of sulfonamides is 1. The molecular weight excluding hydrogens is 389 g/mol. The van der Waals surface area contributed by atoms with Gasteiger partial charge in [0, 0.05) is 22.3 Å². The highest BCUT2D eigenvalue weighted by Gasteiger charge is 2.06. The number of rotatable bonds is 5. The second-order valence-corrected chi connectivity index (χ2v) is 7.82. The second kappa shape index (κ2) is 8.13. The first-order valence-electron chi connectivity index (χ1n) is 6.87. The molecule has 0 aromatic heterocycles.